The first-order chi connectivity index (χ1) is 10.7. The van der Waals surface area contributed by atoms with Gasteiger partial charge in [-0.25, -0.2) is 8.42 Å². The zero-order valence-electron chi connectivity index (χ0n) is 12.9. The van der Waals surface area contributed by atoms with Crippen molar-refractivity contribution in [1.82, 2.24) is 5.32 Å². The maximum absolute atomic E-state index is 11.7. The zero-order chi connectivity index (χ0) is 17.2. The Hall–Kier alpha value is -1.68. The molecular formula is C13H19N3O5S2. The molecule has 128 valence electrons. The Balaban J connectivity index is 2.24. The summed E-state index contributed by atoms with van der Waals surface area (Å²) in [6.07, 6.45) is 2.81. The van der Waals surface area contributed by atoms with Gasteiger partial charge in [0.2, 0.25) is 5.91 Å². The highest BCUT2D eigenvalue weighted by Gasteiger charge is 2.30. The van der Waals surface area contributed by atoms with Gasteiger partial charge in [-0.15, -0.1) is 0 Å². The Morgan fingerprint density at radius 1 is 1.57 bits per heavy atom. The molecule has 1 atom stereocenters. The number of carbonyl (C=O) groups is 1. The minimum absolute atomic E-state index is 0.00295. The molecular weight excluding hydrogens is 342 g/mol. The van der Waals surface area contributed by atoms with E-state index in [-0.39, 0.29) is 21.7 Å². The lowest BCUT2D eigenvalue weighted by Crippen LogP contribution is -2.40. The topological polar surface area (TPSA) is 110 Å². The molecule has 1 aromatic heterocycles. The van der Waals surface area contributed by atoms with Gasteiger partial charge < -0.3 is 10.2 Å². The summed E-state index contributed by atoms with van der Waals surface area (Å²) in [6.45, 7) is 3.17. The van der Waals surface area contributed by atoms with Crippen LogP contribution in [-0.4, -0.2) is 45.1 Å². The molecule has 0 radical (unpaired) electrons. The Bertz CT molecular complexity index is 713. The van der Waals surface area contributed by atoms with Gasteiger partial charge in [-0.05, 0) is 18.8 Å². The number of rotatable bonds is 5. The van der Waals surface area contributed by atoms with Crippen LogP contribution in [-0.2, 0) is 14.6 Å². The van der Waals surface area contributed by atoms with Crippen LogP contribution in [0.1, 0.15) is 19.8 Å². The second-order valence-corrected chi connectivity index (χ2v) is 8.95. The fraction of sp³-hybridized carbons (Fsp3) is 0.615. The summed E-state index contributed by atoms with van der Waals surface area (Å²) < 4.78 is 23.3. The highest BCUT2D eigenvalue weighted by Crippen LogP contribution is 2.41. The fourth-order valence-electron chi connectivity index (χ4n) is 2.59. The number of anilines is 1. The van der Waals surface area contributed by atoms with Crippen LogP contribution in [0.3, 0.4) is 0 Å². The average Bonchev–Trinajstić information content (AvgIpc) is 2.91. The highest BCUT2D eigenvalue weighted by atomic mass is 32.2. The first-order valence-corrected chi connectivity index (χ1v) is 9.87. The molecule has 1 aromatic rings. The molecule has 8 nitrogen and oxygen atoms in total. The Morgan fingerprint density at radius 3 is 2.83 bits per heavy atom. The minimum Gasteiger partial charge on any atom is -0.357 e. The van der Waals surface area contributed by atoms with Crippen LogP contribution >= 0.6 is 11.3 Å². The monoisotopic (exact) mass is 361 g/mol. The van der Waals surface area contributed by atoms with Crippen molar-refractivity contribution in [3.05, 3.63) is 16.2 Å². The van der Waals surface area contributed by atoms with Crippen molar-refractivity contribution >= 4 is 37.8 Å². The van der Waals surface area contributed by atoms with Gasteiger partial charge in [0.25, 0.3) is 0 Å². The van der Waals surface area contributed by atoms with Crippen LogP contribution in [0.15, 0.2) is 10.3 Å². The lowest BCUT2D eigenvalue weighted by Gasteiger charge is -2.33. The van der Waals surface area contributed by atoms with Gasteiger partial charge in [0.15, 0.2) is 14.8 Å². The van der Waals surface area contributed by atoms with Crippen molar-refractivity contribution in [3.8, 4) is 0 Å². The molecule has 1 fully saturated rings. The van der Waals surface area contributed by atoms with Crippen molar-refractivity contribution in [2.75, 3.05) is 30.8 Å². The van der Waals surface area contributed by atoms with Gasteiger partial charge in [0.05, 0.1) is 4.92 Å². The number of piperidine rings is 1. The molecule has 1 unspecified atom stereocenters. The van der Waals surface area contributed by atoms with Crippen LogP contribution < -0.4 is 10.2 Å². The first kappa shape index (κ1) is 17.7. The minimum atomic E-state index is -3.48. The second-order valence-electron chi connectivity index (χ2n) is 5.68. The van der Waals surface area contributed by atoms with E-state index in [2.05, 4.69) is 5.32 Å². The Labute approximate surface area is 138 Å². The van der Waals surface area contributed by atoms with E-state index in [0.29, 0.717) is 24.6 Å². The fourth-order valence-corrected chi connectivity index (χ4v) is 4.66. The average molecular weight is 361 g/mol. The third-order valence-electron chi connectivity index (χ3n) is 3.68. The molecule has 1 amide bonds. The molecule has 2 rings (SSSR count). The van der Waals surface area contributed by atoms with Crippen molar-refractivity contribution in [2.24, 2.45) is 5.92 Å². The molecule has 1 aliphatic heterocycles. The van der Waals surface area contributed by atoms with E-state index in [9.17, 15) is 23.3 Å². The number of nitro groups is 1. The highest BCUT2D eigenvalue weighted by molar-refractivity contribution is 7.92. The van der Waals surface area contributed by atoms with Crippen LogP contribution in [0.5, 0.6) is 0 Å². The van der Waals surface area contributed by atoms with E-state index >= 15 is 0 Å². The Kier molecular flexibility index (Phi) is 5.25. The maximum Gasteiger partial charge on any atom is 0.305 e. The number of nitrogens with zero attached hydrogens (tertiary/aromatic N) is 2. The third kappa shape index (κ3) is 4.41. The second kappa shape index (κ2) is 6.83. The largest absolute Gasteiger partial charge is 0.357 e. The summed E-state index contributed by atoms with van der Waals surface area (Å²) in [5.74, 6) is 0.0830. The molecule has 1 saturated heterocycles. The molecule has 10 heteroatoms. The summed E-state index contributed by atoms with van der Waals surface area (Å²) in [4.78, 5) is 23.6. The van der Waals surface area contributed by atoms with Gasteiger partial charge in [0, 0.05) is 38.9 Å². The summed E-state index contributed by atoms with van der Waals surface area (Å²) in [7, 11) is -3.48. The first-order valence-electron chi connectivity index (χ1n) is 7.16. The van der Waals surface area contributed by atoms with Gasteiger partial charge in [-0.2, -0.15) is 0 Å². The normalized spacial score (nSPS) is 18.7. The quantitative estimate of drug-likeness (QED) is 0.627. The van der Waals surface area contributed by atoms with E-state index in [1.54, 1.807) is 0 Å². The lowest BCUT2D eigenvalue weighted by atomic mass is 9.98. The molecule has 0 aromatic carbocycles. The standard InChI is InChI=1S/C13H19N3O5S2/c1-9(17)14-7-10-4-3-5-15(8-10)13-11(16(18)19)6-12(22-13)23(2,20)21/h6,10H,3-5,7-8H2,1-2H3,(H,14,17). The van der Waals surface area contributed by atoms with E-state index in [1.807, 2.05) is 4.90 Å². The SMILES string of the molecule is CC(=O)NCC1CCCN(c2sc(S(C)(=O)=O)cc2[N+](=O)[O-])C1. The van der Waals surface area contributed by atoms with Crippen molar-refractivity contribution in [3.63, 3.8) is 0 Å². The Morgan fingerprint density at radius 2 is 2.26 bits per heavy atom. The van der Waals surface area contributed by atoms with Gasteiger partial charge in [-0.3, -0.25) is 14.9 Å². The summed E-state index contributed by atoms with van der Waals surface area (Å²) in [6, 6.07) is 1.13. The van der Waals surface area contributed by atoms with E-state index < -0.39 is 14.8 Å². The lowest BCUT2D eigenvalue weighted by molar-refractivity contribution is -0.383. The van der Waals surface area contributed by atoms with Crippen molar-refractivity contribution < 1.29 is 18.1 Å². The number of nitrogens with one attached hydrogen (secondary N) is 1. The van der Waals surface area contributed by atoms with E-state index in [0.717, 1.165) is 36.5 Å². The summed E-state index contributed by atoms with van der Waals surface area (Å²) in [5, 5.41) is 14.4. The number of sulfone groups is 1. The maximum atomic E-state index is 11.7. The summed E-state index contributed by atoms with van der Waals surface area (Å²) >= 11 is 0.937. The van der Waals surface area contributed by atoms with Crippen molar-refractivity contribution in [1.29, 1.82) is 0 Å². The molecule has 1 aliphatic rings. The number of hydrogen-bond donors (Lipinski definition) is 1. The molecule has 2 heterocycles. The summed E-state index contributed by atoms with van der Waals surface area (Å²) in [5.41, 5.74) is -0.171. The van der Waals surface area contributed by atoms with Gasteiger partial charge in [-0.1, -0.05) is 11.3 Å². The molecule has 0 aliphatic carbocycles. The van der Waals surface area contributed by atoms with Crippen LogP contribution in [0, 0.1) is 16.0 Å². The van der Waals surface area contributed by atoms with Gasteiger partial charge >= 0.3 is 5.69 Å². The molecule has 0 saturated carbocycles. The number of hydrogen-bond acceptors (Lipinski definition) is 7. The number of amides is 1. The number of thiophene rings is 1. The van der Waals surface area contributed by atoms with Crippen LogP contribution in [0.25, 0.3) is 0 Å². The van der Waals surface area contributed by atoms with Crippen LogP contribution in [0.2, 0.25) is 0 Å². The van der Waals surface area contributed by atoms with E-state index in [4.69, 9.17) is 0 Å². The van der Waals surface area contributed by atoms with Crippen LogP contribution in [0.4, 0.5) is 10.7 Å². The van der Waals surface area contributed by atoms with Crippen molar-refractivity contribution in [2.45, 2.75) is 24.0 Å². The molecule has 23 heavy (non-hydrogen) atoms. The number of carbonyl (C=O) groups excluding carboxylic acids is 1. The predicted octanol–water partition coefficient (Wildman–Crippen LogP) is 1.41. The predicted molar refractivity (Wildman–Crippen MR) is 87.7 cm³/mol. The van der Waals surface area contributed by atoms with E-state index in [1.165, 1.54) is 6.92 Å². The molecule has 1 N–H and O–H groups in total. The third-order valence-corrected chi connectivity index (χ3v) is 6.67. The molecule has 0 spiro atoms. The smallest absolute Gasteiger partial charge is 0.305 e. The van der Waals surface area contributed by atoms with Gasteiger partial charge in [0.1, 0.15) is 4.21 Å². The molecule has 0 bridgehead atoms. The zero-order valence-corrected chi connectivity index (χ0v) is 14.6.